The Morgan fingerprint density at radius 2 is 2.19 bits per heavy atom. The van der Waals surface area contributed by atoms with Crippen molar-refractivity contribution in [3.05, 3.63) is 28.0 Å². The molecule has 0 unspecified atom stereocenters. The maximum Gasteiger partial charge on any atom is 0.144 e. The summed E-state index contributed by atoms with van der Waals surface area (Å²) in [4.78, 5) is 0. The first-order valence-corrected chi connectivity index (χ1v) is 5.66. The van der Waals surface area contributed by atoms with E-state index in [1.54, 1.807) is 13.0 Å². The van der Waals surface area contributed by atoms with Crippen LogP contribution in [0.3, 0.4) is 0 Å². The molecular weight excluding hydrogens is 229 g/mol. The van der Waals surface area contributed by atoms with Gasteiger partial charge in [-0.3, -0.25) is 0 Å². The smallest absolute Gasteiger partial charge is 0.144 e. The molecule has 1 aliphatic rings. The van der Waals surface area contributed by atoms with Crippen LogP contribution in [-0.2, 0) is 5.41 Å². The van der Waals surface area contributed by atoms with E-state index >= 15 is 0 Å². The fourth-order valence-electron chi connectivity index (χ4n) is 2.12. The Balaban J connectivity index is 2.66. The fraction of sp³-hybridized carbons (Fsp3) is 0.500. The van der Waals surface area contributed by atoms with Crippen molar-refractivity contribution < 1.29 is 9.13 Å². The van der Waals surface area contributed by atoms with E-state index < -0.39 is 0 Å². The molecule has 0 heterocycles. The third-order valence-electron chi connectivity index (χ3n) is 3.33. The van der Waals surface area contributed by atoms with E-state index in [1.807, 2.05) is 0 Å². The summed E-state index contributed by atoms with van der Waals surface area (Å²) in [7, 11) is 1.51. The third-order valence-corrected chi connectivity index (χ3v) is 3.61. The lowest BCUT2D eigenvalue weighted by atomic mass is 9.92. The second-order valence-corrected chi connectivity index (χ2v) is 4.79. The first-order valence-electron chi connectivity index (χ1n) is 5.29. The van der Waals surface area contributed by atoms with E-state index in [0.29, 0.717) is 28.4 Å². The summed E-state index contributed by atoms with van der Waals surface area (Å²) in [6.07, 6.45) is 1.80. The number of rotatable bonds is 3. The minimum atomic E-state index is -0.259. The van der Waals surface area contributed by atoms with Gasteiger partial charge in [-0.05, 0) is 31.4 Å². The predicted molar refractivity (Wildman–Crippen MR) is 62.7 cm³/mol. The van der Waals surface area contributed by atoms with E-state index in [2.05, 4.69) is 0 Å². The number of benzene rings is 1. The van der Waals surface area contributed by atoms with Crippen molar-refractivity contribution in [2.24, 2.45) is 5.73 Å². The summed E-state index contributed by atoms with van der Waals surface area (Å²) in [6, 6.07) is 1.59. The van der Waals surface area contributed by atoms with Gasteiger partial charge in [0.25, 0.3) is 0 Å². The zero-order valence-electron chi connectivity index (χ0n) is 9.44. The average molecular weight is 244 g/mol. The minimum absolute atomic E-state index is 0.232. The number of methoxy groups -OCH3 is 1. The van der Waals surface area contributed by atoms with Crippen LogP contribution in [0, 0.1) is 12.7 Å². The van der Waals surface area contributed by atoms with Crippen LogP contribution in [0.1, 0.15) is 24.0 Å². The van der Waals surface area contributed by atoms with Crippen LogP contribution >= 0.6 is 11.6 Å². The van der Waals surface area contributed by atoms with Crippen LogP contribution < -0.4 is 10.5 Å². The second-order valence-electron chi connectivity index (χ2n) is 4.38. The summed E-state index contributed by atoms with van der Waals surface area (Å²) in [5.41, 5.74) is 6.57. The summed E-state index contributed by atoms with van der Waals surface area (Å²) >= 11 is 6.07. The molecule has 1 saturated carbocycles. The maximum atomic E-state index is 14.2. The number of nitrogens with two attached hydrogens (primary N) is 1. The Morgan fingerprint density at radius 1 is 1.56 bits per heavy atom. The molecule has 0 spiro atoms. The lowest BCUT2D eigenvalue weighted by Gasteiger charge is -2.20. The molecule has 0 aromatic heterocycles. The molecule has 2 rings (SSSR count). The Bertz CT molecular complexity index is 430. The molecule has 16 heavy (non-hydrogen) atoms. The van der Waals surface area contributed by atoms with Gasteiger partial charge in [-0.15, -0.1) is 0 Å². The van der Waals surface area contributed by atoms with Gasteiger partial charge in [0.05, 0.1) is 12.1 Å². The number of hydrogen-bond acceptors (Lipinski definition) is 2. The molecule has 1 aromatic rings. The molecule has 1 fully saturated rings. The van der Waals surface area contributed by atoms with Gasteiger partial charge in [0.1, 0.15) is 11.6 Å². The maximum absolute atomic E-state index is 14.2. The molecule has 0 atom stereocenters. The van der Waals surface area contributed by atoms with E-state index in [9.17, 15) is 4.39 Å². The Kier molecular flexibility index (Phi) is 2.84. The SMILES string of the molecule is COc1c(Cl)cc(C)c(F)c1C1(CN)CC1. The van der Waals surface area contributed by atoms with Crippen molar-refractivity contribution in [2.75, 3.05) is 13.7 Å². The van der Waals surface area contributed by atoms with Gasteiger partial charge in [-0.25, -0.2) is 4.39 Å². The van der Waals surface area contributed by atoms with E-state index in [1.165, 1.54) is 7.11 Å². The highest BCUT2D eigenvalue weighted by Gasteiger charge is 2.47. The molecular formula is C12H15ClFNO. The topological polar surface area (TPSA) is 35.2 Å². The van der Waals surface area contributed by atoms with Gasteiger partial charge < -0.3 is 10.5 Å². The molecule has 88 valence electrons. The first-order chi connectivity index (χ1) is 7.55. The summed E-state index contributed by atoms with van der Waals surface area (Å²) in [5, 5.41) is 0.455. The number of aryl methyl sites for hydroxylation is 1. The molecule has 0 saturated heterocycles. The van der Waals surface area contributed by atoms with Gasteiger partial charge in [0.2, 0.25) is 0 Å². The minimum Gasteiger partial charge on any atom is -0.495 e. The van der Waals surface area contributed by atoms with Crippen LogP contribution in [0.15, 0.2) is 6.07 Å². The normalized spacial score (nSPS) is 17.3. The lowest BCUT2D eigenvalue weighted by Crippen LogP contribution is -2.22. The third kappa shape index (κ3) is 1.59. The molecule has 4 heteroatoms. The van der Waals surface area contributed by atoms with Crippen LogP contribution in [0.4, 0.5) is 4.39 Å². The molecule has 0 bridgehead atoms. The fourth-order valence-corrected chi connectivity index (χ4v) is 2.45. The highest BCUT2D eigenvalue weighted by molar-refractivity contribution is 6.32. The molecule has 0 radical (unpaired) electrons. The van der Waals surface area contributed by atoms with Crippen molar-refractivity contribution in [3.63, 3.8) is 0 Å². The molecule has 0 amide bonds. The Morgan fingerprint density at radius 3 is 2.62 bits per heavy atom. The Hall–Kier alpha value is -0.800. The van der Waals surface area contributed by atoms with Crippen molar-refractivity contribution >= 4 is 11.6 Å². The van der Waals surface area contributed by atoms with E-state index in [0.717, 1.165) is 12.8 Å². The number of hydrogen-bond donors (Lipinski definition) is 1. The van der Waals surface area contributed by atoms with Gasteiger partial charge in [0.15, 0.2) is 0 Å². The molecule has 1 aromatic carbocycles. The van der Waals surface area contributed by atoms with E-state index in [4.69, 9.17) is 22.1 Å². The van der Waals surface area contributed by atoms with Crippen molar-refractivity contribution in [1.82, 2.24) is 0 Å². The Labute approximate surface area is 99.5 Å². The van der Waals surface area contributed by atoms with Crippen molar-refractivity contribution in [1.29, 1.82) is 0 Å². The number of halogens is 2. The van der Waals surface area contributed by atoms with Crippen LogP contribution in [-0.4, -0.2) is 13.7 Å². The van der Waals surface area contributed by atoms with E-state index in [-0.39, 0.29) is 11.2 Å². The standard InChI is InChI=1S/C12H15ClFNO/c1-7-5-8(13)11(16-2)9(10(7)14)12(6-15)3-4-12/h5H,3-4,6,15H2,1-2H3. The average Bonchev–Trinajstić information content (AvgIpc) is 3.03. The van der Waals surface area contributed by atoms with Gasteiger partial charge in [-0.1, -0.05) is 11.6 Å². The zero-order chi connectivity index (χ0) is 11.9. The monoisotopic (exact) mass is 243 g/mol. The highest BCUT2D eigenvalue weighted by Crippen LogP contribution is 2.53. The molecule has 2 N–H and O–H groups in total. The first kappa shape index (κ1) is 11.7. The summed E-state index contributed by atoms with van der Waals surface area (Å²) in [5.74, 6) is 0.205. The largest absolute Gasteiger partial charge is 0.495 e. The molecule has 0 aliphatic heterocycles. The summed E-state index contributed by atoms with van der Waals surface area (Å²) in [6.45, 7) is 2.14. The van der Waals surface area contributed by atoms with Crippen molar-refractivity contribution in [2.45, 2.75) is 25.2 Å². The second kappa shape index (κ2) is 3.90. The van der Waals surface area contributed by atoms with Crippen LogP contribution in [0.5, 0.6) is 5.75 Å². The number of ether oxygens (including phenoxy) is 1. The van der Waals surface area contributed by atoms with Crippen LogP contribution in [0.2, 0.25) is 5.02 Å². The lowest BCUT2D eigenvalue weighted by molar-refractivity contribution is 0.396. The zero-order valence-corrected chi connectivity index (χ0v) is 10.2. The van der Waals surface area contributed by atoms with Crippen molar-refractivity contribution in [3.8, 4) is 5.75 Å². The summed E-state index contributed by atoms with van der Waals surface area (Å²) < 4.78 is 19.4. The van der Waals surface area contributed by atoms with Crippen LogP contribution in [0.25, 0.3) is 0 Å². The molecule has 1 aliphatic carbocycles. The predicted octanol–water partition coefficient (Wildman–Crippen LogP) is 2.79. The quantitative estimate of drug-likeness (QED) is 0.886. The molecule has 2 nitrogen and oxygen atoms in total. The highest BCUT2D eigenvalue weighted by atomic mass is 35.5. The van der Waals surface area contributed by atoms with Gasteiger partial charge >= 0.3 is 0 Å². The van der Waals surface area contributed by atoms with Gasteiger partial charge in [-0.2, -0.15) is 0 Å². The van der Waals surface area contributed by atoms with Gasteiger partial charge in [0, 0.05) is 17.5 Å².